The molecule has 1 aliphatic carbocycles. The Bertz CT molecular complexity index is 883. The highest BCUT2D eigenvalue weighted by atomic mass is 35.5. The van der Waals surface area contributed by atoms with Gasteiger partial charge in [-0.05, 0) is 31.0 Å². The van der Waals surface area contributed by atoms with Gasteiger partial charge in [0.15, 0.2) is 11.9 Å². The van der Waals surface area contributed by atoms with Crippen molar-refractivity contribution in [1.29, 1.82) is 0 Å². The van der Waals surface area contributed by atoms with Gasteiger partial charge in [0.05, 0.1) is 17.6 Å². The number of benzene rings is 1. The highest BCUT2D eigenvalue weighted by Crippen LogP contribution is 2.46. The number of carbonyl (C=O) groups is 3. The topological polar surface area (TPSA) is 93.8 Å². The van der Waals surface area contributed by atoms with E-state index in [1.807, 2.05) is 0 Å². The van der Waals surface area contributed by atoms with E-state index in [0.717, 1.165) is 6.26 Å². The smallest absolute Gasteiger partial charge is 0.336 e. The van der Waals surface area contributed by atoms with Crippen molar-refractivity contribution in [2.75, 3.05) is 6.61 Å². The van der Waals surface area contributed by atoms with E-state index in [0.29, 0.717) is 5.56 Å². The van der Waals surface area contributed by atoms with Crippen LogP contribution < -0.4 is 0 Å². The predicted octanol–water partition coefficient (Wildman–Crippen LogP) is 2.43. The van der Waals surface area contributed by atoms with Gasteiger partial charge in [-0.15, -0.1) is 0 Å². The monoisotopic (exact) mass is 362 g/mol. The molecule has 0 saturated heterocycles. The Morgan fingerprint density at radius 1 is 1.36 bits per heavy atom. The molecule has 0 radical (unpaired) electrons. The Labute approximate surface area is 148 Å². The minimum atomic E-state index is -1.66. The molecule has 0 fully saturated rings. The number of rotatable bonds is 4. The molecule has 0 bridgehead atoms. The number of hydrogen-bond donors (Lipinski definition) is 1. The summed E-state index contributed by atoms with van der Waals surface area (Å²) in [5.41, 5.74) is -0.724. The molecule has 0 unspecified atom stereocenters. The molecule has 0 saturated carbocycles. The zero-order valence-corrected chi connectivity index (χ0v) is 14.3. The van der Waals surface area contributed by atoms with Gasteiger partial charge in [-0.25, -0.2) is 4.79 Å². The number of hydrogen-bond acceptors (Lipinski definition) is 6. The van der Waals surface area contributed by atoms with Crippen LogP contribution >= 0.6 is 11.6 Å². The minimum Gasteiger partial charge on any atom is -0.464 e. The molecule has 1 N–H and O–H groups in total. The van der Waals surface area contributed by atoms with Crippen molar-refractivity contribution in [2.45, 2.75) is 25.4 Å². The number of ketones is 1. The summed E-state index contributed by atoms with van der Waals surface area (Å²) in [6.07, 6.45) is -0.590. The Hall–Kier alpha value is -2.44. The maximum absolute atomic E-state index is 12.7. The third-order valence-electron chi connectivity index (χ3n) is 4.52. The molecule has 7 heteroatoms. The molecule has 1 aromatic carbocycles. The van der Waals surface area contributed by atoms with Crippen molar-refractivity contribution >= 4 is 28.6 Å². The predicted molar refractivity (Wildman–Crippen MR) is 87.9 cm³/mol. The zero-order valence-electron chi connectivity index (χ0n) is 13.5. The first-order valence-electron chi connectivity index (χ1n) is 7.64. The van der Waals surface area contributed by atoms with E-state index >= 15 is 0 Å². The van der Waals surface area contributed by atoms with Crippen LogP contribution in [0.25, 0.3) is 0 Å². The van der Waals surface area contributed by atoms with Crippen molar-refractivity contribution in [1.82, 2.24) is 0 Å². The van der Waals surface area contributed by atoms with Gasteiger partial charge in [0.25, 0.3) is 5.24 Å². The molecule has 2 aromatic rings. The van der Waals surface area contributed by atoms with Crippen molar-refractivity contribution in [3.05, 3.63) is 58.5 Å². The number of fused-ring (bicyclic) bond motifs is 2. The lowest BCUT2D eigenvalue weighted by atomic mass is 9.65. The minimum absolute atomic E-state index is 0.0645. The molecule has 0 spiro atoms. The van der Waals surface area contributed by atoms with Gasteiger partial charge in [0, 0.05) is 11.1 Å². The molecule has 0 amide bonds. The molecular formula is C18H15ClO6. The number of ether oxygens (including phenoxy) is 1. The summed E-state index contributed by atoms with van der Waals surface area (Å²) in [7, 11) is 0. The summed E-state index contributed by atoms with van der Waals surface area (Å²) in [4.78, 5) is 36.7. The second kappa shape index (κ2) is 6.13. The third-order valence-corrected chi connectivity index (χ3v) is 4.72. The van der Waals surface area contributed by atoms with Crippen LogP contribution in [0.4, 0.5) is 0 Å². The summed E-state index contributed by atoms with van der Waals surface area (Å²) in [5, 5.41) is 9.91. The van der Waals surface area contributed by atoms with E-state index in [2.05, 4.69) is 0 Å². The second-order valence-electron chi connectivity index (χ2n) is 5.86. The normalized spacial score (nSPS) is 19.8. The number of esters is 1. The van der Waals surface area contributed by atoms with Crippen LogP contribution in [0, 0.1) is 0 Å². The summed E-state index contributed by atoms with van der Waals surface area (Å²) in [5.74, 6) is -1.42. The van der Waals surface area contributed by atoms with Gasteiger partial charge >= 0.3 is 5.97 Å². The Morgan fingerprint density at radius 3 is 2.68 bits per heavy atom. The van der Waals surface area contributed by atoms with Gasteiger partial charge in [-0.3, -0.25) is 9.59 Å². The molecule has 1 heterocycles. The van der Waals surface area contributed by atoms with Gasteiger partial charge in [-0.1, -0.05) is 24.3 Å². The summed E-state index contributed by atoms with van der Waals surface area (Å²) in [6.45, 7) is 3.24. The molecular weight excluding hydrogens is 348 g/mol. The Kier molecular flexibility index (Phi) is 4.26. The van der Waals surface area contributed by atoms with Crippen molar-refractivity contribution in [3.8, 4) is 0 Å². The van der Waals surface area contributed by atoms with Crippen LogP contribution in [0.1, 0.15) is 51.5 Å². The standard InChI is InChI=1S/C18H15ClO6/c1-3-24-17(23)15(21)18(2)11-7-5-4-6-9(11)13(20)14-12(18)10(8-25-14)16(19)22/h4-8,15,21H,3H2,1-2H3/t15-,18-/m1/s1. The fourth-order valence-corrected chi connectivity index (χ4v) is 3.46. The molecule has 3 rings (SSSR count). The fraction of sp³-hybridized carbons (Fsp3) is 0.278. The van der Waals surface area contributed by atoms with Gasteiger partial charge in [-0.2, -0.15) is 0 Å². The molecule has 0 aliphatic heterocycles. The fourth-order valence-electron chi connectivity index (χ4n) is 3.32. The lowest BCUT2D eigenvalue weighted by molar-refractivity contribution is -0.156. The molecule has 1 aliphatic rings. The van der Waals surface area contributed by atoms with E-state index < -0.39 is 28.5 Å². The van der Waals surface area contributed by atoms with Crippen LogP contribution in [-0.2, 0) is 14.9 Å². The average Bonchev–Trinajstić information content (AvgIpc) is 3.05. The maximum atomic E-state index is 12.7. The number of aliphatic hydroxyl groups excluding tert-OH is 1. The average molecular weight is 363 g/mol. The third kappa shape index (κ3) is 2.41. The molecule has 130 valence electrons. The van der Waals surface area contributed by atoms with Gasteiger partial charge in [0.1, 0.15) is 6.26 Å². The quantitative estimate of drug-likeness (QED) is 0.663. The van der Waals surface area contributed by atoms with Gasteiger partial charge in [0.2, 0.25) is 5.78 Å². The number of carbonyl (C=O) groups excluding carboxylic acids is 3. The number of furan rings is 1. The van der Waals surface area contributed by atoms with Gasteiger partial charge < -0.3 is 14.3 Å². The largest absolute Gasteiger partial charge is 0.464 e. The second-order valence-corrected chi connectivity index (χ2v) is 6.20. The van der Waals surface area contributed by atoms with Crippen molar-refractivity contribution < 1.29 is 28.6 Å². The number of halogens is 1. The molecule has 1 aromatic heterocycles. The van der Waals surface area contributed by atoms with E-state index in [-0.39, 0.29) is 29.1 Å². The van der Waals surface area contributed by atoms with Crippen LogP contribution in [0.5, 0.6) is 0 Å². The Balaban J connectivity index is 2.33. The number of aliphatic hydroxyl groups is 1. The van der Waals surface area contributed by atoms with E-state index in [1.165, 1.54) is 0 Å². The highest BCUT2D eigenvalue weighted by Gasteiger charge is 2.52. The first-order valence-corrected chi connectivity index (χ1v) is 8.02. The molecule has 2 atom stereocenters. The first kappa shape index (κ1) is 17.4. The van der Waals surface area contributed by atoms with E-state index in [4.69, 9.17) is 20.8 Å². The summed E-state index contributed by atoms with van der Waals surface area (Å²) in [6, 6.07) is 6.53. The van der Waals surface area contributed by atoms with E-state index in [1.54, 1.807) is 38.1 Å². The summed E-state index contributed by atoms with van der Waals surface area (Å²) >= 11 is 5.62. The zero-order chi connectivity index (χ0) is 18.4. The van der Waals surface area contributed by atoms with Crippen LogP contribution in [-0.4, -0.2) is 34.8 Å². The first-order chi connectivity index (χ1) is 11.8. The Morgan fingerprint density at radius 2 is 2.04 bits per heavy atom. The van der Waals surface area contributed by atoms with Crippen molar-refractivity contribution in [2.24, 2.45) is 0 Å². The highest BCUT2D eigenvalue weighted by molar-refractivity contribution is 6.68. The molecule has 6 nitrogen and oxygen atoms in total. The maximum Gasteiger partial charge on any atom is 0.336 e. The lowest BCUT2D eigenvalue weighted by Crippen LogP contribution is -2.48. The van der Waals surface area contributed by atoms with Crippen LogP contribution in [0.15, 0.2) is 34.9 Å². The van der Waals surface area contributed by atoms with Crippen molar-refractivity contribution in [3.63, 3.8) is 0 Å². The van der Waals surface area contributed by atoms with Crippen LogP contribution in [0.3, 0.4) is 0 Å². The summed E-state index contributed by atoms with van der Waals surface area (Å²) < 4.78 is 10.2. The van der Waals surface area contributed by atoms with E-state index in [9.17, 15) is 19.5 Å². The lowest BCUT2D eigenvalue weighted by Gasteiger charge is -2.37. The van der Waals surface area contributed by atoms with Crippen LogP contribution in [0.2, 0.25) is 0 Å². The SMILES string of the molecule is CCOC(=O)[C@@H](O)[C@]1(C)c2ccccc2C(=O)c2occ(C(=O)Cl)c21. The molecule has 25 heavy (non-hydrogen) atoms.